The number of carbonyl (C=O) groups is 2. The van der Waals surface area contributed by atoms with Crippen molar-refractivity contribution in [2.45, 2.75) is 20.8 Å². The molecule has 110 valence electrons. The topological polar surface area (TPSA) is 68.3 Å². The van der Waals surface area contributed by atoms with Gasteiger partial charge < -0.3 is 10.1 Å². The number of thiophene rings is 1. The van der Waals surface area contributed by atoms with Crippen molar-refractivity contribution in [3.8, 4) is 0 Å². The minimum absolute atomic E-state index is 0.247. The van der Waals surface area contributed by atoms with Crippen molar-refractivity contribution < 1.29 is 14.3 Å². The first-order valence-electron chi connectivity index (χ1n) is 6.51. The summed E-state index contributed by atoms with van der Waals surface area (Å²) in [5.41, 5.74) is 2.19. The van der Waals surface area contributed by atoms with Crippen molar-refractivity contribution >= 4 is 28.2 Å². The van der Waals surface area contributed by atoms with Gasteiger partial charge in [-0.1, -0.05) is 0 Å². The van der Waals surface area contributed by atoms with Gasteiger partial charge in [-0.25, -0.2) is 4.79 Å². The number of hydrogen-bond acceptors (Lipinski definition) is 5. The molecule has 21 heavy (non-hydrogen) atoms. The van der Waals surface area contributed by atoms with Gasteiger partial charge in [0.1, 0.15) is 4.88 Å². The van der Waals surface area contributed by atoms with Crippen molar-refractivity contribution in [3.05, 3.63) is 46.1 Å². The van der Waals surface area contributed by atoms with E-state index in [9.17, 15) is 9.59 Å². The molecule has 5 nitrogen and oxygen atoms in total. The summed E-state index contributed by atoms with van der Waals surface area (Å²) in [6.45, 7) is 5.77. The molecule has 0 saturated heterocycles. The molecule has 2 aromatic heterocycles. The molecule has 0 radical (unpaired) electrons. The number of nitrogens with zero attached hydrogens (tertiary/aromatic N) is 1. The van der Waals surface area contributed by atoms with Gasteiger partial charge in [0.05, 0.1) is 17.2 Å². The molecule has 0 aliphatic rings. The van der Waals surface area contributed by atoms with E-state index in [1.165, 1.54) is 17.5 Å². The molecule has 0 unspecified atom stereocenters. The van der Waals surface area contributed by atoms with Crippen molar-refractivity contribution in [2.75, 3.05) is 11.9 Å². The Bertz CT molecular complexity index is 679. The number of pyridine rings is 1. The second-order valence-corrected chi connectivity index (χ2v) is 5.60. The largest absolute Gasteiger partial charge is 0.462 e. The average molecular weight is 304 g/mol. The van der Waals surface area contributed by atoms with E-state index in [2.05, 4.69) is 10.3 Å². The minimum Gasteiger partial charge on any atom is -0.462 e. The summed E-state index contributed by atoms with van der Waals surface area (Å²) in [4.78, 5) is 28.4. The van der Waals surface area contributed by atoms with E-state index >= 15 is 0 Å². The fourth-order valence-corrected chi connectivity index (χ4v) is 2.77. The number of ether oxygens (including phenoxy) is 1. The summed E-state index contributed by atoms with van der Waals surface area (Å²) < 4.78 is 4.98. The maximum absolute atomic E-state index is 12.1. The molecule has 0 spiro atoms. The first kappa shape index (κ1) is 15.2. The monoisotopic (exact) mass is 304 g/mol. The quantitative estimate of drug-likeness (QED) is 0.881. The third kappa shape index (κ3) is 3.66. The van der Waals surface area contributed by atoms with Gasteiger partial charge in [0.2, 0.25) is 0 Å². The molecule has 2 heterocycles. The molecular formula is C15H16N2O3S. The second kappa shape index (κ2) is 6.49. The number of anilines is 1. The number of aryl methyl sites for hydroxylation is 2. The average Bonchev–Trinajstić information content (AvgIpc) is 2.80. The molecule has 0 atom stereocenters. The van der Waals surface area contributed by atoms with E-state index < -0.39 is 0 Å². The maximum atomic E-state index is 12.1. The molecule has 0 aliphatic heterocycles. The van der Waals surface area contributed by atoms with Crippen molar-refractivity contribution in [1.29, 1.82) is 0 Å². The lowest BCUT2D eigenvalue weighted by Crippen LogP contribution is -2.11. The van der Waals surface area contributed by atoms with Crippen LogP contribution >= 0.6 is 11.3 Å². The van der Waals surface area contributed by atoms with Crippen LogP contribution in [0.25, 0.3) is 0 Å². The lowest BCUT2D eigenvalue weighted by molar-refractivity contribution is 0.0531. The molecule has 6 heteroatoms. The van der Waals surface area contributed by atoms with Gasteiger partial charge in [0.15, 0.2) is 0 Å². The first-order chi connectivity index (χ1) is 10.0. The Morgan fingerprint density at radius 3 is 2.71 bits per heavy atom. The van der Waals surface area contributed by atoms with Gasteiger partial charge in [0, 0.05) is 12.4 Å². The summed E-state index contributed by atoms with van der Waals surface area (Å²) in [6, 6.07) is 3.52. The summed E-state index contributed by atoms with van der Waals surface area (Å²) in [7, 11) is 0. The number of esters is 1. The van der Waals surface area contributed by atoms with Crippen molar-refractivity contribution in [2.24, 2.45) is 0 Å². The summed E-state index contributed by atoms with van der Waals surface area (Å²) in [5, 5.41) is 3.39. The molecule has 2 rings (SSSR count). The Labute approximate surface area is 127 Å². The number of hydrogen-bond donors (Lipinski definition) is 1. The number of carbonyl (C=O) groups excluding carboxylic acids is 2. The predicted octanol–water partition coefficient (Wildman–Crippen LogP) is 3.19. The Balaban J connectivity index is 2.15. The van der Waals surface area contributed by atoms with E-state index in [-0.39, 0.29) is 11.9 Å². The van der Waals surface area contributed by atoms with Crippen molar-refractivity contribution in [3.63, 3.8) is 0 Å². The van der Waals surface area contributed by atoms with E-state index in [0.717, 1.165) is 11.1 Å². The highest BCUT2D eigenvalue weighted by atomic mass is 32.1. The fraction of sp³-hybridized carbons (Fsp3) is 0.267. The Kier molecular flexibility index (Phi) is 4.70. The summed E-state index contributed by atoms with van der Waals surface area (Å²) in [6.07, 6.45) is 3.19. The van der Waals surface area contributed by atoms with Gasteiger partial charge in [-0.15, -0.1) is 11.3 Å². The SMILES string of the molecule is CCOC(=O)c1sc(NC(=O)c2cncc(C)c2)cc1C. The third-order valence-corrected chi connectivity index (χ3v) is 3.89. The summed E-state index contributed by atoms with van der Waals surface area (Å²) in [5.74, 6) is -0.611. The standard InChI is InChI=1S/C15H16N2O3S/c1-4-20-15(19)13-10(3)6-12(21-13)17-14(18)11-5-9(2)7-16-8-11/h5-8H,4H2,1-3H3,(H,17,18). The number of nitrogens with one attached hydrogen (secondary N) is 1. The highest BCUT2D eigenvalue weighted by molar-refractivity contribution is 7.18. The zero-order chi connectivity index (χ0) is 15.4. The highest BCUT2D eigenvalue weighted by Crippen LogP contribution is 2.27. The number of aromatic nitrogens is 1. The number of rotatable bonds is 4. The molecule has 2 aromatic rings. The number of amides is 1. The normalized spacial score (nSPS) is 10.2. The van der Waals surface area contributed by atoms with E-state index in [0.29, 0.717) is 22.0 Å². The van der Waals surface area contributed by atoms with Crippen LogP contribution < -0.4 is 5.32 Å². The van der Waals surface area contributed by atoms with Crippen LogP contribution in [0.15, 0.2) is 24.5 Å². The van der Waals surface area contributed by atoms with Crippen LogP contribution in [0.4, 0.5) is 5.00 Å². The minimum atomic E-state index is -0.363. The molecular weight excluding hydrogens is 288 g/mol. The lowest BCUT2D eigenvalue weighted by Gasteiger charge is -2.02. The van der Waals surface area contributed by atoms with Gasteiger partial charge in [-0.05, 0) is 44.0 Å². The Morgan fingerprint density at radius 1 is 1.29 bits per heavy atom. The van der Waals surface area contributed by atoms with Crippen LogP contribution in [0.3, 0.4) is 0 Å². The van der Waals surface area contributed by atoms with Crippen LogP contribution in [0.1, 0.15) is 38.1 Å². The fourth-order valence-electron chi connectivity index (χ4n) is 1.81. The highest BCUT2D eigenvalue weighted by Gasteiger charge is 2.16. The van der Waals surface area contributed by atoms with E-state index in [1.807, 2.05) is 13.8 Å². The van der Waals surface area contributed by atoms with E-state index in [1.54, 1.807) is 25.3 Å². The Hall–Kier alpha value is -2.21. The van der Waals surface area contributed by atoms with E-state index in [4.69, 9.17) is 4.74 Å². The van der Waals surface area contributed by atoms with Crippen LogP contribution in [0.5, 0.6) is 0 Å². The smallest absolute Gasteiger partial charge is 0.348 e. The molecule has 1 N–H and O–H groups in total. The van der Waals surface area contributed by atoms with Gasteiger partial charge in [-0.3, -0.25) is 9.78 Å². The zero-order valence-electron chi connectivity index (χ0n) is 12.1. The first-order valence-corrected chi connectivity index (χ1v) is 7.33. The van der Waals surface area contributed by atoms with Crippen LogP contribution in [0, 0.1) is 13.8 Å². The maximum Gasteiger partial charge on any atom is 0.348 e. The third-order valence-electron chi connectivity index (χ3n) is 2.75. The van der Waals surface area contributed by atoms with Crippen LogP contribution in [-0.2, 0) is 4.74 Å². The summed E-state index contributed by atoms with van der Waals surface area (Å²) >= 11 is 1.21. The molecule has 1 amide bonds. The van der Waals surface area contributed by atoms with Gasteiger partial charge >= 0.3 is 5.97 Å². The zero-order valence-corrected chi connectivity index (χ0v) is 12.9. The van der Waals surface area contributed by atoms with Gasteiger partial charge in [-0.2, -0.15) is 0 Å². The molecule has 0 aromatic carbocycles. The second-order valence-electron chi connectivity index (χ2n) is 4.55. The van der Waals surface area contributed by atoms with Crippen molar-refractivity contribution in [1.82, 2.24) is 4.98 Å². The Morgan fingerprint density at radius 2 is 2.05 bits per heavy atom. The molecule has 0 aliphatic carbocycles. The van der Waals surface area contributed by atoms with Crippen LogP contribution in [-0.4, -0.2) is 23.5 Å². The predicted molar refractivity (Wildman–Crippen MR) is 81.9 cm³/mol. The van der Waals surface area contributed by atoms with Crippen LogP contribution in [0.2, 0.25) is 0 Å². The van der Waals surface area contributed by atoms with Gasteiger partial charge in [0.25, 0.3) is 5.91 Å². The molecule has 0 saturated carbocycles. The molecule has 0 bridgehead atoms. The molecule has 0 fully saturated rings. The lowest BCUT2D eigenvalue weighted by atomic mass is 10.2.